The molecule has 0 aliphatic heterocycles. The molecule has 0 aliphatic carbocycles. The van der Waals surface area contributed by atoms with Crippen molar-refractivity contribution in [1.82, 2.24) is 28.7 Å². The van der Waals surface area contributed by atoms with E-state index in [1.165, 1.54) is 0 Å². The molecule has 0 bridgehead atoms. The van der Waals surface area contributed by atoms with Gasteiger partial charge >= 0.3 is 0 Å². The zero-order chi connectivity index (χ0) is 21.1. The molecule has 0 atom stereocenters. The van der Waals surface area contributed by atoms with Crippen LogP contribution >= 0.6 is 34.8 Å². The van der Waals surface area contributed by atoms with Crippen molar-refractivity contribution in [2.75, 3.05) is 0 Å². The first kappa shape index (κ1) is 18.7. The second kappa shape index (κ2) is 6.99. The van der Waals surface area contributed by atoms with Crippen molar-refractivity contribution in [3.63, 3.8) is 0 Å². The molecule has 0 saturated carbocycles. The predicted molar refractivity (Wildman–Crippen MR) is 124 cm³/mol. The van der Waals surface area contributed by atoms with Crippen molar-refractivity contribution >= 4 is 67.9 Å². The van der Waals surface area contributed by atoms with Crippen LogP contribution in [0, 0.1) is 0 Å². The van der Waals surface area contributed by atoms with Gasteiger partial charge in [-0.05, 0) is 54.6 Å². The highest BCUT2D eigenvalue weighted by molar-refractivity contribution is 6.31. The normalized spacial score (nSPS) is 12.0. The number of imidazole rings is 3. The van der Waals surface area contributed by atoms with E-state index in [9.17, 15) is 0 Å². The third-order valence-electron chi connectivity index (χ3n) is 5.36. The van der Waals surface area contributed by atoms with Crippen LogP contribution in [0.3, 0.4) is 0 Å². The molecule has 152 valence electrons. The van der Waals surface area contributed by atoms with Gasteiger partial charge in [-0.15, -0.1) is 0 Å². The molecule has 6 nitrogen and oxygen atoms in total. The molecule has 0 saturated heterocycles. The van der Waals surface area contributed by atoms with Crippen LogP contribution < -0.4 is 0 Å². The van der Waals surface area contributed by atoms with E-state index >= 15 is 0 Å². The van der Waals surface area contributed by atoms with Gasteiger partial charge in [-0.2, -0.15) is 0 Å². The Hall–Kier alpha value is -3.06. The van der Waals surface area contributed by atoms with Crippen LogP contribution in [0.1, 0.15) is 6.29 Å². The van der Waals surface area contributed by atoms with E-state index in [2.05, 4.69) is 28.7 Å². The van der Waals surface area contributed by atoms with Crippen molar-refractivity contribution in [3.05, 3.63) is 88.6 Å². The Morgan fingerprint density at radius 1 is 0.516 bits per heavy atom. The standard InChI is InChI=1S/C22H13Cl3N6/c23-13-1-4-19-16(7-13)26-10-29(19)22(30-11-27-17-8-14(24)2-5-20(17)30)31-12-28-18-9-15(25)3-6-21(18)31/h1-12,22H. The zero-order valence-corrected chi connectivity index (χ0v) is 18.1. The molecule has 0 spiro atoms. The van der Waals surface area contributed by atoms with Gasteiger partial charge < -0.3 is 0 Å². The highest BCUT2D eigenvalue weighted by Gasteiger charge is 2.22. The Balaban J connectivity index is 1.67. The van der Waals surface area contributed by atoms with E-state index in [1.807, 2.05) is 54.6 Å². The first-order chi connectivity index (χ1) is 15.1. The van der Waals surface area contributed by atoms with Gasteiger partial charge in [0.25, 0.3) is 0 Å². The molecule has 3 aromatic heterocycles. The Labute approximate surface area is 191 Å². The van der Waals surface area contributed by atoms with Gasteiger partial charge in [-0.3, -0.25) is 13.7 Å². The Morgan fingerprint density at radius 2 is 0.839 bits per heavy atom. The number of aromatic nitrogens is 6. The maximum atomic E-state index is 6.19. The third kappa shape index (κ3) is 2.98. The fourth-order valence-electron chi connectivity index (χ4n) is 3.97. The van der Waals surface area contributed by atoms with E-state index in [0.717, 1.165) is 33.1 Å². The summed E-state index contributed by atoms with van der Waals surface area (Å²) >= 11 is 18.6. The molecule has 0 unspecified atom stereocenters. The molecule has 3 aromatic carbocycles. The number of fused-ring (bicyclic) bond motifs is 3. The maximum Gasteiger partial charge on any atom is 0.196 e. The van der Waals surface area contributed by atoms with Crippen LogP contribution in [0.4, 0.5) is 0 Å². The van der Waals surface area contributed by atoms with Crippen molar-refractivity contribution in [2.24, 2.45) is 0 Å². The first-order valence-electron chi connectivity index (χ1n) is 9.45. The maximum absolute atomic E-state index is 6.19. The summed E-state index contributed by atoms with van der Waals surface area (Å²) in [6, 6.07) is 17.0. The number of halogens is 3. The molecule has 9 heteroatoms. The average Bonchev–Trinajstić information content (AvgIpc) is 3.46. The minimum atomic E-state index is -0.358. The van der Waals surface area contributed by atoms with E-state index < -0.39 is 0 Å². The van der Waals surface area contributed by atoms with E-state index in [1.54, 1.807) is 19.0 Å². The minimum Gasteiger partial charge on any atom is -0.291 e. The third-order valence-corrected chi connectivity index (χ3v) is 6.06. The second-order valence-electron chi connectivity index (χ2n) is 7.20. The van der Waals surface area contributed by atoms with Gasteiger partial charge in [0, 0.05) is 15.1 Å². The number of rotatable bonds is 3. The van der Waals surface area contributed by atoms with Crippen molar-refractivity contribution in [2.45, 2.75) is 6.29 Å². The summed E-state index contributed by atoms with van der Waals surface area (Å²) in [6.45, 7) is 0. The van der Waals surface area contributed by atoms with Gasteiger partial charge in [0.2, 0.25) is 0 Å². The molecule has 0 N–H and O–H groups in total. The van der Waals surface area contributed by atoms with E-state index in [-0.39, 0.29) is 6.29 Å². The number of benzene rings is 3. The molecule has 0 fully saturated rings. The summed E-state index contributed by atoms with van der Waals surface area (Å²) in [5, 5.41) is 1.92. The van der Waals surface area contributed by atoms with Gasteiger partial charge in [0.15, 0.2) is 6.29 Å². The summed E-state index contributed by atoms with van der Waals surface area (Å²) in [5.74, 6) is 0. The van der Waals surface area contributed by atoms with Gasteiger partial charge in [-0.1, -0.05) is 34.8 Å². The highest BCUT2D eigenvalue weighted by Crippen LogP contribution is 2.30. The lowest BCUT2D eigenvalue weighted by atomic mass is 10.3. The largest absolute Gasteiger partial charge is 0.291 e. The van der Waals surface area contributed by atoms with Crippen molar-refractivity contribution in [1.29, 1.82) is 0 Å². The van der Waals surface area contributed by atoms with Crippen LogP contribution in [-0.4, -0.2) is 28.7 Å². The molecular formula is C22H13Cl3N6. The van der Waals surface area contributed by atoms with Crippen LogP contribution in [0.25, 0.3) is 33.1 Å². The van der Waals surface area contributed by atoms with E-state index in [4.69, 9.17) is 34.8 Å². The Morgan fingerprint density at radius 3 is 1.16 bits per heavy atom. The lowest BCUT2D eigenvalue weighted by Crippen LogP contribution is -2.24. The van der Waals surface area contributed by atoms with Gasteiger partial charge in [-0.25, -0.2) is 15.0 Å². The summed E-state index contributed by atoms with van der Waals surface area (Å²) in [4.78, 5) is 13.7. The number of hydrogen-bond donors (Lipinski definition) is 0. The monoisotopic (exact) mass is 466 g/mol. The average molecular weight is 468 g/mol. The molecule has 6 aromatic rings. The summed E-state index contributed by atoms with van der Waals surface area (Å²) in [5.41, 5.74) is 5.20. The fourth-order valence-corrected chi connectivity index (χ4v) is 4.47. The summed E-state index contributed by atoms with van der Waals surface area (Å²) in [6.07, 6.45) is 5.04. The Kier molecular flexibility index (Phi) is 4.21. The van der Waals surface area contributed by atoms with Crippen molar-refractivity contribution < 1.29 is 0 Å². The molecular weight excluding hydrogens is 455 g/mol. The fraction of sp³-hybridized carbons (Fsp3) is 0.0455. The molecule has 0 radical (unpaired) electrons. The quantitative estimate of drug-likeness (QED) is 0.309. The molecule has 0 aliphatic rings. The van der Waals surface area contributed by atoms with Crippen molar-refractivity contribution in [3.8, 4) is 0 Å². The molecule has 3 heterocycles. The topological polar surface area (TPSA) is 53.5 Å². The van der Waals surface area contributed by atoms with Crippen LogP contribution in [-0.2, 0) is 0 Å². The highest BCUT2D eigenvalue weighted by atomic mass is 35.5. The second-order valence-corrected chi connectivity index (χ2v) is 8.51. The van der Waals surface area contributed by atoms with Gasteiger partial charge in [0.1, 0.15) is 0 Å². The molecule has 0 amide bonds. The summed E-state index contributed by atoms with van der Waals surface area (Å²) < 4.78 is 6.20. The lowest BCUT2D eigenvalue weighted by molar-refractivity contribution is 0.394. The summed E-state index contributed by atoms with van der Waals surface area (Å²) in [7, 11) is 0. The zero-order valence-electron chi connectivity index (χ0n) is 15.8. The van der Waals surface area contributed by atoms with Gasteiger partial charge in [0.05, 0.1) is 52.1 Å². The predicted octanol–water partition coefficient (Wildman–Crippen LogP) is 6.25. The van der Waals surface area contributed by atoms with Crippen LogP contribution in [0.2, 0.25) is 15.1 Å². The van der Waals surface area contributed by atoms with E-state index in [0.29, 0.717) is 15.1 Å². The molecule has 31 heavy (non-hydrogen) atoms. The first-order valence-corrected chi connectivity index (χ1v) is 10.6. The van der Waals surface area contributed by atoms with Crippen LogP contribution in [0.5, 0.6) is 0 Å². The number of hydrogen-bond acceptors (Lipinski definition) is 3. The van der Waals surface area contributed by atoms with Crippen LogP contribution in [0.15, 0.2) is 73.6 Å². The number of nitrogens with zero attached hydrogens (tertiary/aromatic N) is 6. The molecule has 6 rings (SSSR count). The lowest BCUT2D eigenvalue weighted by Gasteiger charge is -2.24. The minimum absolute atomic E-state index is 0.358. The SMILES string of the molecule is Clc1ccc2c(c1)ncn2C(n1cnc2cc(Cl)ccc21)n1cnc2cc(Cl)ccc21. The Bertz CT molecular complexity index is 1410. The smallest absolute Gasteiger partial charge is 0.196 e.